The molecule has 5 heterocycles. The first-order valence-electron chi connectivity index (χ1n) is 20.5. The number of pyridine rings is 2. The number of benzene rings is 3. The van der Waals surface area contributed by atoms with Gasteiger partial charge in [-0.3, -0.25) is 34.3 Å². The topological polar surface area (TPSA) is 186 Å². The van der Waals surface area contributed by atoms with Crippen LogP contribution < -0.4 is 16.0 Å². The minimum absolute atomic E-state index is 0.103. The highest BCUT2D eigenvalue weighted by atomic mass is 35.5. The number of carbonyl (C=O) groups is 3. The van der Waals surface area contributed by atoms with Crippen LogP contribution in [0.3, 0.4) is 0 Å². The van der Waals surface area contributed by atoms with Gasteiger partial charge in [-0.15, -0.1) is 5.10 Å². The molecule has 318 valence electrons. The number of anilines is 1. The maximum atomic E-state index is 13.3. The Morgan fingerprint density at radius 1 is 0.871 bits per heavy atom. The van der Waals surface area contributed by atoms with Gasteiger partial charge in [0.1, 0.15) is 16.9 Å². The summed E-state index contributed by atoms with van der Waals surface area (Å²) in [7, 11) is 0. The van der Waals surface area contributed by atoms with E-state index in [1.807, 2.05) is 54.9 Å². The molecule has 4 N–H and O–H groups in total. The van der Waals surface area contributed by atoms with Gasteiger partial charge in [-0.25, -0.2) is 4.98 Å². The second-order valence-electron chi connectivity index (χ2n) is 15.0. The SMILES string of the molecule is O=C1CCC(N2C(=O)c3c(NCCOCCOCc4cn(CCCNCc5ccc(-c6cnc(Cl)c(/C=C/c7ccc8ccccc8c7)c6)cn5)nn4)cccc3C2O)C(=O)N1. The third-order valence-corrected chi connectivity index (χ3v) is 11.0. The fraction of sp³-hybridized carbons (Fsp3) is 0.283. The van der Waals surface area contributed by atoms with E-state index in [0.717, 1.165) is 51.5 Å². The van der Waals surface area contributed by atoms with E-state index in [-0.39, 0.29) is 18.7 Å². The zero-order valence-corrected chi connectivity index (χ0v) is 34.6. The molecule has 2 unspecified atom stereocenters. The van der Waals surface area contributed by atoms with Gasteiger partial charge in [-0.2, -0.15) is 0 Å². The number of amides is 3. The van der Waals surface area contributed by atoms with Crippen LogP contribution in [0.15, 0.2) is 97.5 Å². The van der Waals surface area contributed by atoms with Crippen LogP contribution in [0.1, 0.15) is 63.9 Å². The lowest BCUT2D eigenvalue weighted by molar-refractivity contribution is -0.139. The fourth-order valence-electron chi connectivity index (χ4n) is 7.51. The number of aliphatic hydroxyl groups excluding tert-OH is 1. The number of hydrogen-bond acceptors (Lipinski definition) is 12. The standard InChI is InChI=1S/C46H46ClN9O6/c47-43-33(12-10-30-9-11-31-5-1-2-6-32(31)23-30)24-35(26-51-43)34-13-14-36(50-25-34)27-48-17-4-19-55-28-37(53-54-55)29-62-22-21-61-20-18-49-39-8-3-7-38-42(39)46(60)56(45(38)59)40-15-16-41(57)52-44(40)58/h1-3,5-14,23-26,28,40,45,48-49,59H,4,15-22,27,29H2,(H,52,57,58)/b12-10+. The molecule has 0 radical (unpaired) electrons. The van der Waals surface area contributed by atoms with Crippen LogP contribution in [0, 0.1) is 0 Å². The zero-order chi connectivity index (χ0) is 42.8. The molecule has 2 atom stereocenters. The van der Waals surface area contributed by atoms with E-state index in [0.29, 0.717) is 68.0 Å². The first kappa shape index (κ1) is 42.3. The van der Waals surface area contributed by atoms with Crippen molar-refractivity contribution in [2.45, 2.75) is 51.2 Å². The second-order valence-corrected chi connectivity index (χ2v) is 15.4. The number of halogens is 1. The molecule has 0 aliphatic carbocycles. The van der Waals surface area contributed by atoms with Crippen molar-refractivity contribution in [3.8, 4) is 11.1 Å². The second kappa shape index (κ2) is 20.0. The number of ether oxygens (including phenoxy) is 2. The molecule has 3 amide bonds. The molecular formula is C46H46ClN9O6. The number of fused-ring (bicyclic) bond motifs is 2. The van der Waals surface area contributed by atoms with Crippen LogP contribution in [0.25, 0.3) is 34.1 Å². The summed E-state index contributed by atoms with van der Waals surface area (Å²) in [5.41, 5.74) is 6.74. The van der Waals surface area contributed by atoms with Crippen molar-refractivity contribution in [1.82, 2.24) is 40.5 Å². The third kappa shape index (κ3) is 10.2. The van der Waals surface area contributed by atoms with Crippen LogP contribution in [0.4, 0.5) is 5.69 Å². The monoisotopic (exact) mass is 855 g/mol. The van der Waals surface area contributed by atoms with E-state index in [1.54, 1.807) is 29.1 Å². The van der Waals surface area contributed by atoms with Gasteiger partial charge in [0.15, 0.2) is 6.23 Å². The minimum Gasteiger partial charge on any atom is -0.382 e. The van der Waals surface area contributed by atoms with Gasteiger partial charge in [-0.1, -0.05) is 83.6 Å². The number of carbonyl (C=O) groups excluding carboxylic acids is 3. The molecule has 16 heteroatoms. The van der Waals surface area contributed by atoms with Crippen molar-refractivity contribution >= 4 is 57.9 Å². The maximum absolute atomic E-state index is 13.3. The molecule has 2 aliphatic rings. The molecule has 1 saturated heterocycles. The maximum Gasteiger partial charge on any atom is 0.259 e. The lowest BCUT2D eigenvalue weighted by Gasteiger charge is -2.31. The van der Waals surface area contributed by atoms with Gasteiger partial charge < -0.3 is 25.2 Å². The van der Waals surface area contributed by atoms with Gasteiger partial charge in [0.05, 0.1) is 43.9 Å². The lowest BCUT2D eigenvalue weighted by atomic mass is 10.0. The molecule has 8 rings (SSSR count). The predicted octanol–water partition coefficient (Wildman–Crippen LogP) is 5.79. The van der Waals surface area contributed by atoms with Gasteiger partial charge in [0.25, 0.3) is 5.91 Å². The Morgan fingerprint density at radius 2 is 1.73 bits per heavy atom. The molecule has 0 bridgehead atoms. The van der Waals surface area contributed by atoms with Crippen molar-refractivity contribution in [2.24, 2.45) is 0 Å². The van der Waals surface area contributed by atoms with Crippen molar-refractivity contribution in [3.63, 3.8) is 0 Å². The Balaban J connectivity index is 0.695. The lowest BCUT2D eigenvalue weighted by Crippen LogP contribution is -2.53. The molecule has 1 fully saturated rings. The van der Waals surface area contributed by atoms with Crippen LogP contribution in [-0.2, 0) is 38.8 Å². The van der Waals surface area contributed by atoms with Gasteiger partial charge in [-0.05, 0) is 60.0 Å². The van der Waals surface area contributed by atoms with E-state index in [2.05, 4.69) is 66.6 Å². The fourth-order valence-corrected chi connectivity index (χ4v) is 7.68. The first-order valence-corrected chi connectivity index (χ1v) is 20.9. The summed E-state index contributed by atoms with van der Waals surface area (Å²) in [6.07, 6.45) is 9.38. The Kier molecular flexibility index (Phi) is 13.7. The number of rotatable bonds is 19. The van der Waals surface area contributed by atoms with Crippen molar-refractivity contribution < 1.29 is 29.0 Å². The molecule has 0 spiro atoms. The Hall–Kier alpha value is -6.36. The minimum atomic E-state index is -1.28. The number of aromatic nitrogens is 5. The summed E-state index contributed by atoms with van der Waals surface area (Å²) < 4.78 is 13.2. The highest BCUT2D eigenvalue weighted by Gasteiger charge is 2.45. The van der Waals surface area contributed by atoms with Crippen LogP contribution in [0.5, 0.6) is 0 Å². The summed E-state index contributed by atoms with van der Waals surface area (Å²) >= 11 is 6.46. The van der Waals surface area contributed by atoms with E-state index in [9.17, 15) is 19.5 Å². The van der Waals surface area contributed by atoms with Gasteiger partial charge in [0.2, 0.25) is 11.8 Å². The number of imide groups is 1. The number of nitrogens with zero attached hydrogens (tertiary/aromatic N) is 6. The number of hydrogen-bond donors (Lipinski definition) is 4. The van der Waals surface area contributed by atoms with Gasteiger partial charge >= 0.3 is 0 Å². The largest absolute Gasteiger partial charge is 0.382 e. The number of aryl methyl sites for hydroxylation is 1. The van der Waals surface area contributed by atoms with Crippen LogP contribution in [-0.4, -0.2) is 91.6 Å². The predicted molar refractivity (Wildman–Crippen MR) is 234 cm³/mol. The first-order chi connectivity index (χ1) is 30.3. The average molecular weight is 856 g/mol. The summed E-state index contributed by atoms with van der Waals surface area (Å²) in [4.78, 5) is 47.5. The molecule has 6 aromatic rings. The smallest absolute Gasteiger partial charge is 0.259 e. The quantitative estimate of drug-likeness (QED) is 0.0438. The molecule has 3 aromatic heterocycles. The zero-order valence-electron chi connectivity index (χ0n) is 33.9. The third-order valence-electron chi connectivity index (χ3n) is 10.7. The summed E-state index contributed by atoms with van der Waals surface area (Å²) in [5.74, 6) is -1.44. The number of piperidine rings is 1. The van der Waals surface area contributed by atoms with Crippen molar-refractivity contribution in [3.05, 3.63) is 136 Å². The Morgan fingerprint density at radius 3 is 2.58 bits per heavy atom. The normalized spacial score (nSPS) is 16.4. The van der Waals surface area contributed by atoms with Crippen LogP contribution >= 0.6 is 11.6 Å². The van der Waals surface area contributed by atoms with Gasteiger partial charge in [0, 0.05) is 66.4 Å². The van der Waals surface area contributed by atoms with E-state index < -0.39 is 24.1 Å². The Bertz CT molecular complexity index is 2580. The van der Waals surface area contributed by atoms with Crippen molar-refractivity contribution in [2.75, 3.05) is 38.2 Å². The number of nitrogens with one attached hydrogen (secondary N) is 3. The summed E-state index contributed by atoms with van der Waals surface area (Å²) in [6.45, 7) is 3.89. The van der Waals surface area contributed by atoms with Crippen molar-refractivity contribution in [1.29, 1.82) is 0 Å². The molecule has 0 saturated carbocycles. The number of aliphatic hydroxyl groups is 1. The van der Waals surface area contributed by atoms with E-state index in [1.165, 1.54) is 10.8 Å². The van der Waals surface area contributed by atoms with E-state index >= 15 is 0 Å². The van der Waals surface area contributed by atoms with E-state index in [4.69, 9.17) is 21.1 Å². The molecule has 2 aliphatic heterocycles. The highest BCUT2D eigenvalue weighted by Crippen LogP contribution is 2.38. The molecule has 3 aromatic carbocycles. The van der Waals surface area contributed by atoms with Crippen LogP contribution in [0.2, 0.25) is 5.15 Å². The highest BCUT2D eigenvalue weighted by molar-refractivity contribution is 6.31. The average Bonchev–Trinajstić information content (AvgIpc) is 3.85. The summed E-state index contributed by atoms with van der Waals surface area (Å²) in [6, 6.07) is 24.9. The summed E-state index contributed by atoms with van der Waals surface area (Å²) in [5, 5.41) is 31.0. The molecule has 62 heavy (non-hydrogen) atoms. The molecule has 15 nitrogen and oxygen atoms in total. The Labute approximate surface area is 363 Å². The molecular weight excluding hydrogens is 810 g/mol.